The normalized spacial score (nSPS) is 25.8. The molecule has 0 bridgehead atoms. The number of carbonyl (C=O) groups is 2. The molecular weight excluding hydrogens is 392 g/mol. The molecule has 1 aromatic rings. The second-order valence-corrected chi connectivity index (χ2v) is 9.44. The number of carbonyl (C=O) groups excluding carboxylic acids is 2. The SMILES string of the molecule is N#Cc1ccccc1S(=O)(=O)N1CCN(CN2C(=O)[C@@H]3CC=CC[C@H]3C2=O)CC1. The molecule has 2 atom stereocenters. The average Bonchev–Trinajstić information content (AvgIpc) is 2.99. The van der Waals surface area contributed by atoms with Crippen molar-refractivity contribution in [3.8, 4) is 6.07 Å². The van der Waals surface area contributed by atoms with Gasteiger partial charge in [0.1, 0.15) is 6.07 Å². The highest BCUT2D eigenvalue weighted by atomic mass is 32.2. The van der Waals surface area contributed by atoms with Gasteiger partial charge in [0.25, 0.3) is 0 Å². The van der Waals surface area contributed by atoms with Gasteiger partial charge in [0, 0.05) is 26.2 Å². The number of allylic oxidation sites excluding steroid dienone is 2. The van der Waals surface area contributed by atoms with Crippen molar-refractivity contribution in [2.24, 2.45) is 11.8 Å². The summed E-state index contributed by atoms with van der Waals surface area (Å²) in [5.41, 5.74) is 0.124. The Morgan fingerprint density at radius 1 is 0.966 bits per heavy atom. The number of fused-ring (bicyclic) bond motifs is 1. The number of nitrogens with zero attached hydrogens (tertiary/aromatic N) is 4. The lowest BCUT2D eigenvalue weighted by atomic mass is 9.85. The van der Waals surface area contributed by atoms with Gasteiger partial charge in [0.2, 0.25) is 21.8 Å². The molecule has 0 saturated carbocycles. The maximum atomic E-state index is 12.9. The van der Waals surface area contributed by atoms with Gasteiger partial charge in [-0.05, 0) is 25.0 Å². The monoisotopic (exact) mass is 414 g/mol. The number of nitriles is 1. The third-order valence-electron chi connectivity index (χ3n) is 5.90. The number of sulfonamides is 1. The molecule has 1 aliphatic carbocycles. The molecule has 2 fully saturated rings. The first-order valence-corrected chi connectivity index (χ1v) is 11.1. The standard InChI is InChI=1S/C20H22N4O4S/c21-13-15-5-1-4-8-18(15)29(27,28)23-11-9-22(10-12-23)14-24-19(25)16-6-2-3-7-17(16)20(24)26/h1-5,8,16-17H,6-7,9-12,14H2/t16-,17-/m1/s1. The van der Waals surface area contributed by atoms with E-state index in [0.29, 0.717) is 25.9 Å². The maximum absolute atomic E-state index is 12.9. The predicted molar refractivity (Wildman–Crippen MR) is 104 cm³/mol. The van der Waals surface area contributed by atoms with Crippen molar-refractivity contribution in [2.75, 3.05) is 32.8 Å². The van der Waals surface area contributed by atoms with E-state index in [0.717, 1.165) is 0 Å². The topological polar surface area (TPSA) is 102 Å². The first-order valence-electron chi connectivity index (χ1n) is 9.65. The zero-order chi connectivity index (χ0) is 20.6. The molecule has 2 saturated heterocycles. The first kappa shape index (κ1) is 19.8. The Hall–Kier alpha value is -2.54. The van der Waals surface area contributed by atoms with E-state index in [2.05, 4.69) is 0 Å². The fourth-order valence-electron chi connectivity index (χ4n) is 4.24. The van der Waals surface area contributed by atoms with Gasteiger partial charge in [-0.3, -0.25) is 19.4 Å². The van der Waals surface area contributed by atoms with Crippen LogP contribution < -0.4 is 0 Å². The van der Waals surface area contributed by atoms with E-state index in [1.54, 1.807) is 12.1 Å². The predicted octanol–water partition coefficient (Wildman–Crippen LogP) is 0.773. The molecule has 9 heteroatoms. The second-order valence-electron chi connectivity index (χ2n) is 7.53. The smallest absolute Gasteiger partial charge is 0.244 e. The summed E-state index contributed by atoms with van der Waals surface area (Å²) in [5, 5.41) is 9.20. The van der Waals surface area contributed by atoms with E-state index < -0.39 is 10.0 Å². The molecule has 29 heavy (non-hydrogen) atoms. The van der Waals surface area contributed by atoms with Crippen LogP contribution in [-0.2, 0) is 19.6 Å². The summed E-state index contributed by atoms with van der Waals surface area (Å²) in [7, 11) is -3.77. The average molecular weight is 414 g/mol. The van der Waals surface area contributed by atoms with Crippen molar-refractivity contribution in [1.29, 1.82) is 5.26 Å². The van der Waals surface area contributed by atoms with E-state index in [1.165, 1.54) is 21.3 Å². The summed E-state index contributed by atoms with van der Waals surface area (Å²) >= 11 is 0. The van der Waals surface area contributed by atoms with Crippen LogP contribution in [0.15, 0.2) is 41.3 Å². The minimum atomic E-state index is -3.77. The highest BCUT2D eigenvalue weighted by Gasteiger charge is 2.47. The van der Waals surface area contributed by atoms with Crippen molar-refractivity contribution in [3.63, 3.8) is 0 Å². The number of hydrogen-bond acceptors (Lipinski definition) is 6. The Morgan fingerprint density at radius 3 is 2.14 bits per heavy atom. The molecular formula is C20H22N4O4S. The van der Waals surface area contributed by atoms with Gasteiger partial charge >= 0.3 is 0 Å². The summed E-state index contributed by atoms with van der Waals surface area (Å²) in [6.45, 7) is 1.52. The number of piperazine rings is 1. The van der Waals surface area contributed by atoms with Crippen molar-refractivity contribution >= 4 is 21.8 Å². The highest BCUT2D eigenvalue weighted by molar-refractivity contribution is 7.89. The fraction of sp³-hybridized carbons (Fsp3) is 0.450. The third kappa shape index (κ3) is 3.48. The van der Waals surface area contributed by atoms with Crippen LogP contribution in [-0.4, -0.2) is 67.2 Å². The summed E-state index contributed by atoms with van der Waals surface area (Å²) in [6.07, 6.45) is 5.13. The lowest BCUT2D eigenvalue weighted by molar-refractivity contribution is -0.142. The van der Waals surface area contributed by atoms with Gasteiger partial charge in [0.15, 0.2) is 0 Å². The fourth-order valence-corrected chi connectivity index (χ4v) is 5.81. The molecule has 0 N–H and O–H groups in total. The van der Waals surface area contributed by atoms with Crippen LogP contribution in [0.3, 0.4) is 0 Å². The van der Waals surface area contributed by atoms with E-state index in [1.807, 2.05) is 23.1 Å². The van der Waals surface area contributed by atoms with Gasteiger partial charge in [-0.1, -0.05) is 24.3 Å². The molecule has 152 valence electrons. The summed E-state index contributed by atoms with van der Waals surface area (Å²) in [6, 6.07) is 8.09. The molecule has 2 aliphatic heterocycles. The van der Waals surface area contributed by atoms with E-state index in [4.69, 9.17) is 0 Å². The molecule has 3 aliphatic rings. The minimum Gasteiger partial charge on any atom is -0.283 e. The molecule has 1 aromatic carbocycles. The van der Waals surface area contributed by atoms with Crippen LogP contribution in [0.1, 0.15) is 18.4 Å². The molecule has 8 nitrogen and oxygen atoms in total. The number of hydrogen-bond donors (Lipinski definition) is 0. The van der Waals surface area contributed by atoms with Crippen LogP contribution in [0.4, 0.5) is 0 Å². The van der Waals surface area contributed by atoms with Gasteiger partial charge in [-0.15, -0.1) is 0 Å². The molecule has 2 heterocycles. The number of benzene rings is 1. The Bertz CT molecular complexity index is 980. The highest BCUT2D eigenvalue weighted by Crippen LogP contribution is 2.35. The Kier molecular flexibility index (Phi) is 5.25. The largest absolute Gasteiger partial charge is 0.283 e. The van der Waals surface area contributed by atoms with Crippen molar-refractivity contribution in [3.05, 3.63) is 42.0 Å². The molecule has 2 amide bonds. The number of amides is 2. The van der Waals surface area contributed by atoms with Gasteiger partial charge in [0.05, 0.1) is 29.0 Å². The summed E-state index contributed by atoms with van der Waals surface area (Å²) in [5.74, 6) is -0.752. The quantitative estimate of drug-likeness (QED) is 0.533. The van der Waals surface area contributed by atoms with Crippen molar-refractivity contribution in [2.45, 2.75) is 17.7 Å². The van der Waals surface area contributed by atoms with Gasteiger partial charge in [-0.2, -0.15) is 9.57 Å². The van der Waals surface area contributed by atoms with E-state index in [9.17, 15) is 23.3 Å². The maximum Gasteiger partial charge on any atom is 0.244 e. The lowest BCUT2D eigenvalue weighted by Gasteiger charge is -2.35. The summed E-state index contributed by atoms with van der Waals surface area (Å²) in [4.78, 5) is 28.5. The van der Waals surface area contributed by atoms with Crippen LogP contribution in [0.2, 0.25) is 0 Å². The molecule has 4 rings (SSSR count). The van der Waals surface area contributed by atoms with E-state index >= 15 is 0 Å². The van der Waals surface area contributed by atoms with E-state index in [-0.39, 0.29) is 53.9 Å². The van der Waals surface area contributed by atoms with Crippen molar-refractivity contribution in [1.82, 2.24) is 14.1 Å². The van der Waals surface area contributed by atoms with Gasteiger partial charge < -0.3 is 0 Å². The molecule has 0 spiro atoms. The van der Waals surface area contributed by atoms with Crippen LogP contribution in [0.5, 0.6) is 0 Å². The number of likely N-dealkylation sites (tertiary alicyclic amines) is 1. The Labute approximate surface area is 170 Å². The third-order valence-corrected chi connectivity index (χ3v) is 7.85. The summed E-state index contributed by atoms with van der Waals surface area (Å²) < 4.78 is 27.2. The second kappa shape index (κ2) is 7.71. The van der Waals surface area contributed by atoms with Crippen LogP contribution in [0.25, 0.3) is 0 Å². The Balaban J connectivity index is 1.41. The van der Waals surface area contributed by atoms with Crippen LogP contribution in [0, 0.1) is 23.2 Å². The van der Waals surface area contributed by atoms with Crippen LogP contribution >= 0.6 is 0 Å². The first-order chi connectivity index (χ1) is 13.9. The molecule has 0 radical (unpaired) electrons. The van der Waals surface area contributed by atoms with Crippen molar-refractivity contribution < 1.29 is 18.0 Å². The van der Waals surface area contributed by atoms with Gasteiger partial charge in [-0.25, -0.2) is 8.42 Å². The molecule has 0 aromatic heterocycles. The zero-order valence-corrected chi connectivity index (χ0v) is 16.7. The number of rotatable bonds is 4. The zero-order valence-electron chi connectivity index (χ0n) is 15.9. The molecule has 0 unspecified atom stereocenters. The number of imide groups is 1. The lowest BCUT2D eigenvalue weighted by Crippen LogP contribution is -2.52. The minimum absolute atomic E-state index is 0.0115. The Morgan fingerprint density at radius 2 is 1.55 bits per heavy atom.